The van der Waals surface area contributed by atoms with Crippen LogP contribution in [0.3, 0.4) is 0 Å². The third kappa shape index (κ3) is 4.70. The molecular weight excluding hydrogens is 384 g/mol. The van der Waals surface area contributed by atoms with Crippen molar-refractivity contribution >= 4 is 17.7 Å². The van der Waals surface area contributed by atoms with Gasteiger partial charge in [-0.3, -0.25) is 9.78 Å². The molecule has 152 valence electrons. The molecule has 0 bridgehead atoms. The number of nitrogens with one attached hydrogen (secondary N) is 1. The molecule has 1 aliphatic rings. The number of ether oxygens (including phenoxy) is 4. The Labute approximate surface area is 173 Å². The van der Waals surface area contributed by atoms with Crippen LogP contribution >= 0.6 is 0 Å². The maximum absolute atomic E-state index is 12.3. The fourth-order valence-electron chi connectivity index (χ4n) is 2.89. The smallest absolute Gasteiger partial charge is 0.248 e. The second-order valence-corrected chi connectivity index (χ2v) is 6.38. The van der Waals surface area contributed by atoms with Crippen LogP contribution in [0.1, 0.15) is 5.56 Å². The average molecular weight is 404 g/mol. The normalized spacial score (nSPS) is 12.4. The van der Waals surface area contributed by atoms with Crippen molar-refractivity contribution in [1.29, 1.82) is 0 Å². The van der Waals surface area contributed by atoms with Crippen LogP contribution in [0.2, 0.25) is 0 Å². The third-order valence-corrected chi connectivity index (χ3v) is 4.28. The number of methoxy groups -OCH3 is 1. The van der Waals surface area contributed by atoms with Gasteiger partial charge in [0.1, 0.15) is 24.7 Å². The zero-order valence-corrected chi connectivity index (χ0v) is 16.3. The topological polar surface area (TPSA) is 78.9 Å². The van der Waals surface area contributed by atoms with Crippen LogP contribution in [0.15, 0.2) is 67.0 Å². The summed E-state index contributed by atoms with van der Waals surface area (Å²) in [4.78, 5) is 16.2. The number of nitrogens with zero attached hydrogens (tertiary/aromatic N) is 1. The maximum Gasteiger partial charge on any atom is 0.248 e. The second kappa shape index (κ2) is 9.00. The lowest BCUT2D eigenvalue weighted by Crippen LogP contribution is -2.16. The molecular formula is C23H20N2O5. The molecule has 0 unspecified atom stereocenters. The van der Waals surface area contributed by atoms with Crippen molar-refractivity contribution in [2.75, 3.05) is 25.6 Å². The largest absolute Gasteiger partial charge is 0.493 e. The lowest BCUT2D eigenvalue weighted by Gasteiger charge is -2.20. The van der Waals surface area contributed by atoms with E-state index in [1.807, 2.05) is 6.07 Å². The van der Waals surface area contributed by atoms with Crippen LogP contribution in [-0.2, 0) is 4.79 Å². The third-order valence-electron chi connectivity index (χ3n) is 4.28. The van der Waals surface area contributed by atoms with E-state index in [0.29, 0.717) is 47.6 Å². The SMILES string of the molecule is COc1cc(/C=C/C(=O)Nc2ccc(Oc3ccncc3)cc2)cc2c1OCCO2. The summed E-state index contributed by atoms with van der Waals surface area (Å²) in [6, 6.07) is 14.3. The Bertz CT molecular complexity index is 1030. The van der Waals surface area contributed by atoms with E-state index in [-0.39, 0.29) is 5.91 Å². The molecule has 3 aromatic rings. The first-order chi connectivity index (χ1) is 14.7. The fraction of sp³-hybridized carbons (Fsp3) is 0.130. The molecule has 2 heterocycles. The molecule has 1 aliphatic heterocycles. The number of carbonyl (C=O) groups excluding carboxylic acids is 1. The summed E-state index contributed by atoms with van der Waals surface area (Å²) in [6.45, 7) is 0.956. The number of hydrogen-bond donors (Lipinski definition) is 1. The van der Waals surface area contributed by atoms with E-state index in [9.17, 15) is 4.79 Å². The molecule has 0 atom stereocenters. The number of fused-ring (bicyclic) bond motifs is 1. The van der Waals surface area contributed by atoms with Crippen molar-refractivity contribution in [2.45, 2.75) is 0 Å². The highest BCUT2D eigenvalue weighted by Gasteiger charge is 2.17. The molecule has 0 spiro atoms. The number of pyridine rings is 1. The first-order valence-corrected chi connectivity index (χ1v) is 9.36. The summed E-state index contributed by atoms with van der Waals surface area (Å²) in [5.74, 6) is 2.85. The van der Waals surface area contributed by atoms with Gasteiger partial charge in [-0.05, 0) is 60.2 Å². The number of carbonyl (C=O) groups is 1. The van der Waals surface area contributed by atoms with Gasteiger partial charge in [0, 0.05) is 24.2 Å². The molecule has 1 N–H and O–H groups in total. The Balaban J connectivity index is 1.39. The lowest BCUT2D eigenvalue weighted by molar-refractivity contribution is -0.111. The molecule has 7 heteroatoms. The van der Waals surface area contributed by atoms with E-state index >= 15 is 0 Å². The van der Waals surface area contributed by atoms with Crippen LogP contribution < -0.4 is 24.3 Å². The molecule has 0 aliphatic carbocycles. The molecule has 0 saturated heterocycles. The molecule has 2 aromatic carbocycles. The van der Waals surface area contributed by atoms with Crippen LogP contribution in [0.25, 0.3) is 6.08 Å². The molecule has 1 aromatic heterocycles. The van der Waals surface area contributed by atoms with E-state index in [4.69, 9.17) is 18.9 Å². The molecule has 4 rings (SSSR count). The summed E-state index contributed by atoms with van der Waals surface area (Å²) in [5, 5.41) is 2.82. The van der Waals surface area contributed by atoms with Gasteiger partial charge in [-0.1, -0.05) is 0 Å². The van der Waals surface area contributed by atoms with Gasteiger partial charge in [0.2, 0.25) is 11.7 Å². The van der Waals surface area contributed by atoms with Gasteiger partial charge >= 0.3 is 0 Å². The van der Waals surface area contributed by atoms with Crippen molar-refractivity contribution in [3.05, 3.63) is 72.6 Å². The highest BCUT2D eigenvalue weighted by molar-refractivity contribution is 6.02. The lowest BCUT2D eigenvalue weighted by atomic mass is 10.1. The van der Waals surface area contributed by atoms with Gasteiger partial charge in [0.25, 0.3) is 0 Å². The van der Waals surface area contributed by atoms with Crippen LogP contribution in [0.4, 0.5) is 5.69 Å². The van der Waals surface area contributed by atoms with Gasteiger partial charge in [0.15, 0.2) is 11.5 Å². The summed E-state index contributed by atoms with van der Waals surface area (Å²) >= 11 is 0. The van der Waals surface area contributed by atoms with Crippen molar-refractivity contribution < 1.29 is 23.7 Å². The fourth-order valence-corrected chi connectivity index (χ4v) is 2.89. The minimum absolute atomic E-state index is 0.258. The average Bonchev–Trinajstić information content (AvgIpc) is 2.79. The Morgan fingerprint density at radius 3 is 2.53 bits per heavy atom. The van der Waals surface area contributed by atoms with E-state index in [2.05, 4.69) is 10.3 Å². The second-order valence-electron chi connectivity index (χ2n) is 6.38. The Hall–Kier alpha value is -4.00. The molecule has 0 radical (unpaired) electrons. The Morgan fingerprint density at radius 2 is 1.77 bits per heavy atom. The Kier molecular flexibility index (Phi) is 5.80. The summed E-state index contributed by atoms with van der Waals surface area (Å²) in [7, 11) is 1.57. The van der Waals surface area contributed by atoms with E-state index in [1.54, 1.807) is 68.0 Å². The maximum atomic E-state index is 12.3. The number of benzene rings is 2. The van der Waals surface area contributed by atoms with Crippen molar-refractivity contribution in [3.8, 4) is 28.7 Å². The highest BCUT2D eigenvalue weighted by Crippen LogP contribution is 2.40. The minimum Gasteiger partial charge on any atom is -0.493 e. The zero-order chi connectivity index (χ0) is 20.8. The first kappa shape index (κ1) is 19.3. The van der Waals surface area contributed by atoms with Gasteiger partial charge < -0.3 is 24.3 Å². The predicted octanol–water partition coefficient (Wildman–Crippen LogP) is 4.31. The van der Waals surface area contributed by atoms with Gasteiger partial charge in [-0.25, -0.2) is 0 Å². The summed E-state index contributed by atoms with van der Waals surface area (Å²) in [6.07, 6.45) is 6.46. The van der Waals surface area contributed by atoms with E-state index in [0.717, 1.165) is 5.56 Å². The van der Waals surface area contributed by atoms with Crippen molar-refractivity contribution in [3.63, 3.8) is 0 Å². The number of hydrogen-bond acceptors (Lipinski definition) is 6. The van der Waals surface area contributed by atoms with Crippen molar-refractivity contribution in [2.24, 2.45) is 0 Å². The highest BCUT2D eigenvalue weighted by atomic mass is 16.6. The van der Waals surface area contributed by atoms with E-state index < -0.39 is 0 Å². The molecule has 30 heavy (non-hydrogen) atoms. The van der Waals surface area contributed by atoms with Gasteiger partial charge in [0.05, 0.1) is 7.11 Å². The quantitative estimate of drug-likeness (QED) is 0.617. The number of amides is 1. The summed E-state index contributed by atoms with van der Waals surface area (Å²) < 4.78 is 22.3. The molecule has 0 fully saturated rings. The number of aromatic nitrogens is 1. The van der Waals surface area contributed by atoms with Crippen LogP contribution in [0, 0.1) is 0 Å². The van der Waals surface area contributed by atoms with Gasteiger partial charge in [-0.2, -0.15) is 0 Å². The minimum atomic E-state index is -0.258. The molecule has 0 saturated carbocycles. The Morgan fingerprint density at radius 1 is 1.03 bits per heavy atom. The summed E-state index contributed by atoms with van der Waals surface area (Å²) in [5.41, 5.74) is 1.43. The van der Waals surface area contributed by atoms with Gasteiger partial charge in [-0.15, -0.1) is 0 Å². The zero-order valence-electron chi connectivity index (χ0n) is 16.3. The van der Waals surface area contributed by atoms with Crippen molar-refractivity contribution in [1.82, 2.24) is 4.98 Å². The monoisotopic (exact) mass is 404 g/mol. The number of rotatable bonds is 6. The number of anilines is 1. The van der Waals surface area contributed by atoms with E-state index in [1.165, 1.54) is 6.08 Å². The molecule has 7 nitrogen and oxygen atoms in total. The standard InChI is InChI=1S/C23H20N2O5/c1-27-20-14-16(15-21-23(20)29-13-12-28-21)2-7-22(26)25-17-3-5-18(6-4-17)30-19-8-10-24-11-9-19/h2-11,14-15H,12-13H2,1H3,(H,25,26)/b7-2+. The van der Waals surface area contributed by atoms with Crippen LogP contribution in [0.5, 0.6) is 28.7 Å². The predicted molar refractivity (Wildman–Crippen MR) is 112 cm³/mol. The van der Waals surface area contributed by atoms with Crippen LogP contribution in [-0.4, -0.2) is 31.2 Å². The first-order valence-electron chi connectivity index (χ1n) is 9.36. The molecule has 1 amide bonds.